The van der Waals surface area contributed by atoms with Crippen LogP contribution >= 0.6 is 34.5 Å². The van der Waals surface area contributed by atoms with Crippen LogP contribution in [0.5, 0.6) is 5.75 Å². The normalized spacial score (nSPS) is 12.3. The molecule has 166 valence electrons. The first-order valence-electron chi connectivity index (χ1n) is 9.42. The van der Waals surface area contributed by atoms with Gasteiger partial charge in [0.25, 0.3) is 0 Å². The smallest absolute Gasteiger partial charge is 0.165 e. The molecule has 3 N–H and O–H groups in total. The van der Waals surface area contributed by atoms with Gasteiger partial charge in [-0.3, -0.25) is 0 Å². The number of aliphatic hydroxyl groups is 1. The van der Waals surface area contributed by atoms with Gasteiger partial charge in [-0.15, -0.1) is 10.2 Å². The van der Waals surface area contributed by atoms with E-state index in [4.69, 9.17) is 38.8 Å². The molecule has 0 fully saturated rings. The van der Waals surface area contributed by atoms with E-state index in [0.29, 0.717) is 26.5 Å². The van der Waals surface area contributed by atoms with Gasteiger partial charge in [0.15, 0.2) is 11.6 Å². The van der Waals surface area contributed by atoms with Crippen LogP contribution in [-0.2, 0) is 0 Å². The second kappa shape index (κ2) is 10.1. The fraction of sp³-hybridized carbons (Fsp3) is 0.350. The molecule has 0 aliphatic rings. The number of aliphatic hydroxyl groups excluding tert-OH is 1. The van der Waals surface area contributed by atoms with Gasteiger partial charge in [0.1, 0.15) is 27.6 Å². The maximum atomic E-state index is 14.5. The highest BCUT2D eigenvalue weighted by Crippen LogP contribution is 2.38. The maximum Gasteiger partial charge on any atom is 0.165 e. The number of hydrogen-bond donors (Lipinski definition) is 2. The lowest BCUT2D eigenvalue weighted by Gasteiger charge is -2.23. The average Bonchev–Trinajstić information content (AvgIpc) is 3.22. The largest absolute Gasteiger partial charge is 0.489 e. The summed E-state index contributed by atoms with van der Waals surface area (Å²) in [4.78, 5) is 6.35. The van der Waals surface area contributed by atoms with Crippen LogP contribution in [0.25, 0.3) is 21.1 Å². The number of ether oxygens (including phenoxy) is 1. The molecule has 0 radical (unpaired) electrons. The van der Waals surface area contributed by atoms with Crippen LogP contribution in [0.4, 0.5) is 10.2 Å². The fourth-order valence-corrected chi connectivity index (χ4v) is 3.92. The van der Waals surface area contributed by atoms with Crippen molar-refractivity contribution in [1.29, 1.82) is 0 Å². The van der Waals surface area contributed by atoms with Crippen LogP contribution in [0, 0.1) is 5.82 Å². The second-order valence-electron chi connectivity index (χ2n) is 7.17. The maximum absolute atomic E-state index is 14.5. The van der Waals surface area contributed by atoms with E-state index >= 15 is 0 Å². The molecule has 0 saturated heterocycles. The highest BCUT2D eigenvalue weighted by atomic mass is 35.5. The summed E-state index contributed by atoms with van der Waals surface area (Å²) in [7, 11) is 1.93. The molecule has 0 unspecified atom stereocenters. The Bertz CT molecular complexity index is 1070. The zero-order valence-electron chi connectivity index (χ0n) is 17.1. The lowest BCUT2D eigenvalue weighted by molar-refractivity contribution is 0.202. The van der Waals surface area contributed by atoms with E-state index < -0.39 is 11.9 Å². The number of rotatable bonds is 8. The van der Waals surface area contributed by atoms with Crippen molar-refractivity contribution in [3.8, 4) is 26.9 Å². The van der Waals surface area contributed by atoms with Crippen LogP contribution < -0.4 is 15.4 Å². The molecular weight excluding hydrogens is 464 g/mol. The SMILES string of the molecule is CC(C)N(C)c1cc(-c2nnc(-c3cc(F)c(OC[C@H](N)CO)cc3Cl)s2)cc(Cl)n1. The van der Waals surface area contributed by atoms with Gasteiger partial charge in [-0.05, 0) is 32.0 Å². The Hall–Kier alpha value is -2.04. The molecule has 2 heterocycles. The minimum Gasteiger partial charge on any atom is -0.489 e. The third-order valence-corrected chi connectivity index (χ3v) is 6.04. The Balaban J connectivity index is 1.90. The molecule has 0 aliphatic carbocycles. The number of hydrogen-bond acceptors (Lipinski definition) is 8. The molecule has 0 aliphatic heterocycles. The number of anilines is 1. The van der Waals surface area contributed by atoms with E-state index in [1.807, 2.05) is 31.9 Å². The van der Waals surface area contributed by atoms with Crippen LogP contribution in [-0.4, -0.2) is 52.6 Å². The summed E-state index contributed by atoms with van der Waals surface area (Å²) in [6.07, 6.45) is 0. The number of aromatic nitrogens is 3. The van der Waals surface area contributed by atoms with Gasteiger partial charge in [0, 0.05) is 30.3 Å². The Kier molecular flexibility index (Phi) is 7.66. The zero-order chi connectivity index (χ0) is 22.7. The molecule has 1 aromatic carbocycles. The van der Waals surface area contributed by atoms with Crippen molar-refractivity contribution >= 4 is 40.4 Å². The highest BCUT2D eigenvalue weighted by Gasteiger charge is 2.18. The summed E-state index contributed by atoms with van der Waals surface area (Å²) in [5, 5.41) is 19.0. The Labute approximate surface area is 193 Å². The molecule has 0 amide bonds. The molecule has 31 heavy (non-hydrogen) atoms. The topological polar surface area (TPSA) is 97.4 Å². The lowest BCUT2D eigenvalue weighted by Crippen LogP contribution is -2.31. The molecule has 0 spiro atoms. The standard InChI is InChI=1S/C20H22Cl2FN5O2S/c1-10(2)28(3)18-5-11(4-17(22)25-18)19-26-27-20(31-19)13-6-15(23)16(7-14(13)21)30-9-12(24)8-29/h4-7,10,12,29H,8-9,24H2,1-3H3/t12-/m1/s1. The monoisotopic (exact) mass is 485 g/mol. The first kappa shape index (κ1) is 23.6. The van der Waals surface area contributed by atoms with Crippen LogP contribution in [0.15, 0.2) is 24.3 Å². The van der Waals surface area contributed by atoms with Crippen molar-refractivity contribution in [2.24, 2.45) is 5.73 Å². The van der Waals surface area contributed by atoms with Crippen molar-refractivity contribution in [2.75, 3.05) is 25.2 Å². The predicted molar refractivity (Wildman–Crippen MR) is 123 cm³/mol. The molecule has 1 atom stereocenters. The van der Waals surface area contributed by atoms with Crippen molar-refractivity contribution < 1.29 is 14.2 Å². The van der Waals surface area contributed by atoms with Crippen LogP contribution in [0.3, 0.4) is 0 Å². The molecule has 11 heteroatoms. The van der Waals surface area contributed by atoms with Gasteiger partial charge in [-0.2, -0.15) is 0 Å². The van der Waals surface area contributed by atoms with Gasteiger partial charge in [-0.25, -0.2) is 9.37 Å². The molecule has 3 rings (SSSR count). The Morgan fingerprint density at radius 1 is 1.19 bits per heavy atom. The van der Waals surface area contributed by atoms with Gasteiger partial charge < -0.3 is 20.5 Å². The third kappa shape index (κ3) is 5.61. The van der Waals surface area contributed by atoms with Crippen molar-refractivity contribution in [2.45, 2.75) is 25.9 Å². The van der Waals surface area contributed by atoms with E-state index in [1.165, 1.54) is 23.5 Å². The molecular formula is C20H22Cl2FN5O2S. The molecule has 0 saturated carbocycles. The lowest BCUT2D eigenvalue weighted by atomic mass is 10.2. The Morgan fingerprint density at radius 3 is 2.58 bits per heavy atom. The molecule has 3 aromatic rings. The number of benzene rings is 1. The third-order valence-electron chi connectivity index (χ3n) is 4.53. The number of pyridine rings is 1. The molecule has 2 aromatic heterocycles. The van der Waals surface area contributed by atoms with E-state index in [-0.39, 0.29) is 30.0 Å². The van der Waals surface area contributed by atoms with E-state index in [9.17, 15) is 4.39 Å². The van der Waals surface area contributed by atoms with Crippen LogP contribution in [0.2, 0.25) is 10.2 Å². The zero-order valence-corrected chi connectivity index (χ0v) is 19.5. The molecule has 0 bridgehead atoms. The highest BCUT2D eigenvalue weighted by molar-refractivity contribution is 7.18. The number of nitrogens with zero attached hydrogens (tertiary/aromatic N) is 4. The van der Waals surface area contributed by atoms with Crippen molar-refractivity contribution in [1.82, 2.24) is 15.2 Å². The summed E-state index contributed by atoms with van der Waals surface area (Å²) < 4.78 is 19.8. The minimum absolute atomic E-state index is 0.0397. The van der Waals surface area contributed by atoms with E-state index in [1.54, 1.807) is 6.07 Å². The second-order valence-corrected chi connectivity index (χ2v) is 8.94. The summed E-state index contributed by atoms with van der Waals surface area (Å²) in [5.74, 6) is 0.0414. The number of halogens is 3. The van der Waals surface area contributed by atoms with Crippen molar-refractivity contribution in [3.05, 3.63) is 40.3 Å². The fourth-order valence-electron chi connectivity index (χ4n) is 2.55. The average molecular weight is 486 g/mol. The Morgan fingerprint density at radius 2 is 1.90 bits per heavy atom. The minimum atomic E-state index is -0.617. The van der Waals surface area contributed by atoms with Gasteiger partial charge in [0.2, 0.25) is 0 Å². The van der Waals surface area contributed by atoms with Crippen LogP contribution in [0.1, 0.15) is 13.8 Å². The summed E-state index contributed by atoms with van der Waals surface area (Å²) >= 11 is 13.8. The van der Waals surface area contributed by atoms with Gasteiger partial charge >= 0.3 is 0 Å². The number of nitrogens with two attached hydrogens (primary N) is 1. The van der Waals surface area contributed by atoms with E-state index in [0.717, 1.165) is 5.56 Å². The predicted octanol–water partition coefficient (Wildman–Crippen LogP) is 4.26. The first-order valence-corrected chi connectivity index (χ1v) is 11.0. The van der Waals surface area contributed by atoms with E-state index in [2.05, 4.69) is 15.2 Å². The summed E-state index contributed by atoms with van der Waals surface area (Å²) in [6, 6.07) is 5.79. The molecule has 7 nitrogen and oxygen atoms in total. The van der Waals surface area contributed by atoms with Crippen molar-refractivity contribution in [3.63, 3.8) is 0 Å². The quantitative estimate of drug-likeness (QED) is 0.460. The summed E-state index contributed by atoms with van der Waals surface area (Å²) in [6.45, 7) is 3.79. The summed E-state index contributed by atoms with van der Waals surface area (Å²) in [5.41, 5.74) is 6.72. The van der Waals surface area contributed by atoms with Gasteiger partial charge in [0.05, 0.1) is 17.7 Å². The van der Waals surface area contributed by atoms with Gasteiger partial charge in [-0.1, -0.05) is 34.5 Å². The first-order chi connectivity index (χ1) is 14.7.